The predicted molar refractivity (Wildman–Crippen MR) is 28.6 cm³/mol. The molecule has 0 spiro atoms. The Kier molecular flexibility index (Phi) is 4.05. The minimum absolute atomic E-state index is 0. The van der Waals surface area contributed by atoms with Crippen LogP contribution in [0.1, 0.15) is 0 Å². The van der Waals surface area contributed by atoms with Gasteiger partial charge in [-0.05, 0) is 0 Å². The van der Waals surface area contributed by atoms with Crippen LogP contribution in [0.4, 0.5) is 0 Å². The van der Waals surface area contributed by atoms with Gasteiger partial charge in [0.2, 0.25) is 0 Å². The van der Waals surface area contributed by atoms with Crippen LogP contribution in [0.3, 0.4) is 0 Å². The van der Waals surface area contributed by atoms with E-state index in [9.17, 15) is 0 Å². The first kappa shape index (κ1) is 7.71. The molecule has 0 radical (unpaired) electrons. The molecule has 0 aromatic carbocycles. The molecule has 0 bridgehead atoms. The Morgan fingerprint density at radius 2 is 2.57 bits per heavy atom. The van der Waals surface area contributed by atoms with Gasteiger partial charge in [-0.1, -0.05) is 6.20 Å². The van der Waals surface area contributed by atoms with Crippen molar-refractivity contribution >= 4 is 27.3 Å². The van der Waals surface area contributed by atoms with E-state index in [4.69, 9.17) is 0 Å². The maximum atomic E-state index is 3.80. The molecule has 1 rings (SSSR count). The number of rotatable bonds is 0. The van der Waals surface area contributed by atoms with Crippen LogP contribution in [0.25, 0.3) is 0 Å². The summed E-state index contributed by atoms with van der Waals surface area (Å²) >= 11 is 4.62. The second-order valence-corrected chi connectivity index (χ2v) is 2.83. The van der Waals surface area contributed by atoms with Crippen molar-refractivity contribution in [3.63, 3.8) is 0 Å². The van der Waals surface area contributed by atoms with Gasteiger partial charge in [0.15, 0.2) is 0 Å². The minimum atomic E-state index is 0. The van der Waals surface area contributed by atoms with Crippen LogP contribution < -0.4 is 18.9 Å². The van der Waals surface area contributed by atoms with Crippen LogP contribution in [0.2, 0.25) is 0 Å². The molecule has 0 aliphatic carbocycles. The fourth-order valence-electron chi connectivity index (χ4n) is 0.178. The van der Waals surface area contributed by atoms with E-state index in [0.717, 1.165) is 3.92 Å². The van der Waals surface area contributed by atoms with E-state index in [-0.39, 0.29) is 18.9 Å². The summed E-state index contributed by atoms with van der Waals surface area (Å²) in [7, 11) is 0. The van der Waals surface area contributed by atoms with Crippen molar-refractivity contribution in [3.05, 3.63) is 15.5 Å². The first-order valence-corrected chi connectivity index (χ1v) is 2.98. The van der Waals surface area contributed by atoms with Gasteiger partial charge in [-0.2, -0.15) is 5.38 Å². The molecule has 0 saturated heterocycles. The Morgan fingerprint density at radius 1 is 1.86 bits per heavy atom. The smallest absolute Gasteiger partial charge is 0.353 e. The first-order chi connectivity index (χ1) is 2.89. The Balaban J connectivity index is 0.000000360. The number of hydrogen-bond acceptors (Lipinski definition) is 2. The van der Waals surface area contributed by atoms with Gasteiger partial charge in [0.25, 0.3) is 0 Å². The van der Waals surface area contributed by atoms with Crippen molar-refractivity contribution in [1.29, 1.82) is 0 Å². The fourth-order valence-corrected chi connectivity index (χ4v) is 0.869. The van der Waals surface area contributed by atoms with Crippen molar-refractivity contribution in [1.82, 2.24) is 4.98 Å². The summed E-state index contributed by atoms with van der Waals surface area (Å²) in [6.07, 6.45) is 1.63. The Morgan fingerprint density at radius 3 is 2.71 bits per heavy atom. The second-order valence-electron chi connectivity index (χ2n) is 0.731. The summed E-state index contributed by atoms with van der Waals surface area (Å²) in [4.78, 5) is 3.80. The molecule has 0 unspecified atom stereocenters. The van der Waals surface area contributed by atoms with Crippen LogP contribution in [-0.4, -0.2) is 4.98 Å². The van der Waals surface area contributed by atoms with Crippen molar-refractivity contribution in [2.24, 2.45) is 0 Å². The third-order valence-corrected chi connectivity index (χ3v) is 1.55. The quantitative estimate of drug-likeness (QED) is 0.348. The van der Waals surface area contributed by atoms with Gasteiger partial charge in [-0.15, -0.1) is 15.9 Å². The van der Waals surface area contributed by atoms with Gasteiger partial charge < -0.3 is 16.3 Å². The molecular formula is C3HBrLiNS. The molecule has 0 fully saturated rings. The van der Waals surface area contributed by atoms with Gasteiger partial charge in [-0.3, -0.25) is 0 Å². The molecule has 0 saturated carbocycles. The molecule has 4 heteroatoms. The zero-order chi connectivity index (χ0) is 4.41. The van der Waals surface area contributed by atoms with Crippen molar-refractivity contribution in [2.45, 2.75) is 0 Å². The van der Waals surface area contributed by atoms with E-state index >= 15 is 0 Å². The van der Waals surface area contributed by atoms with E-state index in [0.29, 0.717) is 0 Å². The molecule has 1 nitrogen and oxygen atoms in total. The topological polar surface area (TPSA) is 12.9 Å². The Bertz CT molecular complexity index is 118. The van der Waals surface area contributed by atoms with Gasteiger partial charge in [-0.25, -0.2) is 0 Å². The van der Waals surface area contributed by atoms with E-state index in [1.165, 1.54) is 11.3 Å². The average Bonchev–Trinajstić information content (AvgIpc) is 1.86. The Hall–Kier alpha value is 0.707. The van der Waals surface area contributed by atoms with Crippen LogP contribution in [-0.2, 0) is 0 Å². The zero-order valence-electron chi connectivity index (χ0n) is 3.81. The summed E-state index contributed by atoms with van der Waals surface area (Å²) in [6.45, 7) is 0. The summed E-state index contributed by atoms with van der Waals surface area (Å²) in [6, 6.07) is 0. The summed E-state index contributed by atoms with van der Waals surface area (Å²) < 4.78 is 0.891. The van der Waals surface area contributed by atoms with Gasteiger partial charge in [0.1, 0.15) is 0 Å². The second kappa shape index (κ2) is 3.68. The minimum Gasteiger partial charge on any atom is -0.353 e. The van der Waals surface area contributed by atoms with Crippen LogP contribution in [0, 0.1) is 5.38 Å². The molecule has 0 amide bonds. The molecule has 7 heavy (non-hydrogen) atoms. The Labute approximate surface area is 66.5 Å². The predicted octanol–water partition coefficient (Wildman–Crippen LogP) is -1.29. The van der Waals surface area contributed by atoms with E-state index < -0.39 is 0 Å². The molecule has 32 valence electrons. The molecule has 1 aromatic heterocycles. The van der Waals surface area contributed by atoms with E-state index in [1.807, 2.05) is 0 Å². The third kappa shape index (κ3) is 2.50. The SMILES string of the molecule is Brc1nc[c-]s1.[Li+]. The number of halogens is 1. The van der Waals surface area contributed by atoms with Crippen molar-refractivity contribution in [2.75, 3.05) is 0 Å². The largest absolute Gasteiger partial charge is 1.00 e. The zero-order valence-corrected chi connectivity index (χ0v) is 6.21. The molecule has 0 N–H and O–H groups in total. The van der Waals surface area contributed by atoms with Crippen molar-refractivity contribution in [3.8, 4) is 0 Å². The molecular weight excluding hydrogens is 169 g/mol. The van der Waals surface area contributed by atoms with Crippen LogP contribution in [0.5, 0.6) is 0 Å². The molecule has 0 aliphatic rings. The van der Waals surface area contributed by atoms with Crippen LogP contribution >= 0.6 is 27.3 Å². The summed E-state index contributed by atoms with van der Waals surface area (Å²) in [5, 5.41) is 2.81. The number of aromatic nitrogens is 1. The summed E-state index contributed by atoms with van der Waals surface area (Å²) in [5.41, 5.74) is 0. The maximum Gasteiger partial charge on any atom is 1.00 e. The number of thiazole rings is 1. The van der Waals surface area contributed by atoms with Gasteiger partial charge in [0, 0.05) is 3.92 Å². The maximum absolute atomic E-state index is 3.80. The standard InChI is InChI=1S/C3HBrNS.Li/c4-3-5-1-2-6-3;/h1H;/q-1;+1. The van der Waals surface area contributed by atoms with E-state index in [1.54, 1.807) is 6.20 Å². The molecule has 0 aliphatic heterocycles. The summed E-state index contributed by atoms with van der Waals surface area (Å²) in [5.74, 6) is 0. The normalized spacial score (nSPS) is 7.57. The average molecular weight is 170 g/mol. The third-order valence-electron chi connectivity index (χ3n) is 0.362. The van der Waals surface area contributed by atoms with Crippen molar-refractivity contribution < 1.29 is 18.9 Å². The molecule has 0 atom stereocenters. The molecule has 1 heterocycles. The fraction of sp³-hybridized carbons (Fsp3) is 0. The van der Waals surface area contributed by atoms with Gasteiger partial charge in [0.05, 0.1) is 0 Å². The van der Waals surface area contributed by atoms with Crippen LogP contribution in [0.15, 0.2) is 10.1 Å². The first-order valence-electron chi connectivity index (χ1n) is 1.37. The number of nitrogens with zero attached hydrogens (tertiary/aromatic N) is 1. The molecule has 1 aromatic rings. The monoisotopic (exact) mass is 169 g/mol. The van der Waals surface area contributed by atoms with E-state index in [2.05, 4.69) is 26.3 Å². The van der Waals surface area contributed by atoms with Gasteiger partial charge >= 0.3 is 18.9 Å². The number of hydrogen-bond donors (Lipinski definition) is 0.